The minimum absolute atomic E-state index is 0.0209. The zero-order valence-corrected chi connectivity index (χ0v) is 12.0. The van der Waals surface area contributed by atoms with Gasteiger partial charge in [-0.15, -0.1) is 0 Å². The van der Waals surface area contributed by atoms with E-state index in [-0.39, 0.29) is 6.04 Å². The maximum absolute atomic E-state index is 5.73. The lowest BCUT2D eigenvalue weighted by molar-refractivity contribution is 0.386. The Kier molecular flexibility index (Phi) is 5.15. The van der Waals surface area contributed by atoms with Crippen molar-refractivity contribution in [3.8, 4) is 5.75 Å². The number of aryl methyl sites for hydroxylation is 2. The zero-order chi connectivity index (χ0) is 14.4. The van der Waals surface area contributed by atoms with Crippen LogP contribution in [0.4, 0.5) is 0 Å². The molecule has 2 rings (SSSR count). The van der Waals surface area contributed by atoms with Crippen LogP contribution in [-0.2, 0) is 13.0 Å². The molecule has 0 saturated carbocycles. The number of hydrogen-bond donors (Lipinski definition) is 2. The first kappa shape index (κ1) is 14.6. The summed E-state index contributed by atoms with van der Waals surface area (Å²) >= 11 is 0. The van der Waals surface area contributed by atoms with Gasteiger partial charge in [0.1, 0.15) is 0 Å². The minimum atomic E-state index is 0.0209. The molecule has 3 N–H and O–H groups in total. The van der Waals surface area contributed by atoms with Crippen molar-refractivity contribution in [3.05, 3.63) is 47.8 Å². The van der Waals surface area contributed by atoms with Crippen molar-refractivity contribution in [2.75, 3.05) is 7.11 Å². The number of hydrazine groups is 1. The second kappa shape index (κ2) is 7.07. The molecule has 1 heterocycles. The standard InChI is InChI=1S/C15H22N4O/c1-3-19-15(14(20-2)11-17-19)13(18-16)10-9-12-7-5-4-6-8-12/h4-8,11,13,18H,3,9-10,16H2,1-2H3. The van der Waals surface area contributed by atoms with E-state index in [9.17, 15) is 0 Å². The molecular weight excluding hydrogens is 252 g/mol. The van der Waals surface area contributed by atoms with E-state index < -0.39 is 0 Å². The van der Waals surface area contributed by atoms with Crippen LogP contribution < -0.4 is 16.0 Å². The first-order valence-corrected chi connectivity index (χ1v) is 6.89. The highest BCUT2D eigenvalue weighted by Gasteiger charge is 2.20. The molecule has 2 aromatic rings. The van der Waals surface area contributed by atoms with Gasteiger partial charge in [-0.05, 0) is 25.3 Å². The van der Waals surface area contributed by atoms with Crippen LogP contribution >= 0.6 is 0 Å². The second-order valence-electron chi connectivity index (χ2n) is 4.66. The highest BCUT2D eigenvalue weighted by molar-refractivity contribution is 5.28. The number of nitrogens with zero attached hydrogens (tertiary/aromatic N) is 2. The molecule has 20 heavy (non-hydrogen) atoms. The van der Waals surface area contributed by atoms with Crippen LogP contribution in [0.5, 0.6) is 5.75 Å². The van der Waals surface area contributed by atoms with E-state index in [1.165, 1.54) is 5.56 Å². The van der Waals surface area contributed by atoms with E-state index in [1.54, 1.807) is 13.3 Å². The molecule has 1 aromatic heterocycles. The summed E-state index contributed by atoms with van der Waals surface area (Å²) in [5.74, 6) is 6.51. The Hall–Kier alpha value is -1.85. The van der Waals surface area contributed by atoms with E-state index in [4.69, 9.17) is 10.6 Å². The number of ether oxygens (including phenoxy) is 1. The van der Waals surface area contributed by atoms with Gasteiger partial charge in [-0.2, -0.15) is 5.10 Å². The number of aromatic nitrogens is 2. The van der Waals surface area contributed by atoms with Crippen molar-refractivity contribution < 1.29 is 4.74 Å². The molecule has 0 bridgehead atoms. The SMILES string of the molecule is CCn1ncc(OC)c1C(CCc1ccccc1)NN. The van der Waals surface area contributed by atoms with E-state index in [0.717, 1.165) is 30.8 Å². The van der Waals surface area contributed by atoms with Crippen molar-refractivity contribution in [3.63, 3.8) is 0 Å². The maximum atomic E-state index is 5.73. The summed E-state index contributed by atoms with van der Waals surface area (Å²) in [7, 11) is 1.66. The van der Waals surface area contributed by atoms with Crippen LogP contribution in [0.25, 0.3) is 0 Å². The minimum Gasteiger partial charge on any atom is -0.493 e. The lowest BCUT2D eigenvalue weighted by atomic mass is 10.0. The van der Waals surface area contributed by atoms with Crippen molar-refractivity contribution >= 4 is 0 Å². The Morgan fingerprint density at radius 1 is 1.35 bits per heavy atom. The van der Waals surface area contributed by atoms with Crippen LogP contribution in [-0.4, -0.2) is 16.9 Å². The summed E-state index contributed by atoms with van der Waals surface area (Å²) in [6.07, 6.45) is 3.59. The van der Waals surface area contributed by atoms with Gasteiger partial charge >= 0.3 is 0 Å². The Bertz CT molecular complexity index is 502. The van der Waals surface area contributed by atoms with Gasteiger partial charge in [0, 0.05) is 6.54 Å². The zero-order valence-electron chi connectivity index (χ0n) is 12.0. The molecule has 1 unspecified atom stereocenters. The Balaban J connectivity index is 2.13. The van der Waals surface area contributed by atoms with Gasteiger partial charge in [-0.3, -0.25) is 16.0 Å². The summed E-state index contributed by atoms with van der Waals surface area (Å²) in [5, 5.41) is 4.33. The number of hydrogen-bond acceptors (Lipinski definition) is 4. The van der Waals surface area contributed by atoms with Crippen LogP contribution in [0, 0.1) is 0 Å². The normalized spacial score (nSPS) is 12.3. The number of benzene rings is 1. The number of methoxy groups -OCH3 is 1. The van der Waals surface area contributed by atoms with Crippen molar-refractivity contribution in [1.29, 1.82) is 0 Å². The molecule has 0 aliphatic heterocycles. The molecule has 0 saturated heterocycles. The van der Waals surface area contributed by atoms with Crippen LogP contribution in [0.2, 0.25) is 0 Å². The van der Waals surface area contributed by atoms with Crippen molar-refractivity contribution in [2.24, 2.45) is 5.84 Å². The molecule has 0 aliphatic carbocycles. The van der Waals surface area contributed by atoms with E-state index >= 15 is 0 Å². The Morgan fingerprint density at radius 3 is 2.70 bits per heavy atom. The molecular formula is C15H22N4O. The summed E-state index contributed by atoms with van der Waals surface area (Å²) < 4.78 is 7.31. The fraction of sp³-hybridized carbons (Fsp3) is 0.400. The van der Waals surface area contributed by atoms with Crippen LogP contribution in [0.15, 0.2) is 36.5 Å². The van der Waals surface area contributed by atoms with Crippen molar-refractivity contribution in [2.45, 2.75) is 32.4 Å². The number of rotatable bonds is 7. The van der Waals surface area contributed by atoms with Gasteiger partial charge < -0.3 is 4.74 Å². The largest absolute Gasteiger partial charge is 0.493 e. The topological polar surface area (TPSA) is 65.1 Å². The van der Waals surface area contributed by atoms with Gasteiger partial charge in [0.2, 0.25) is 0 Å². The quantitative estimate of drug-likeness (QED) is 0.599. The van der Waals surface area contributed by atoms with Gasteiger partial charge in [-0.25, -0.2) is 0 Å². The average molecular weight is 274 g/mol. The first-order chi connectivity index (χ1) is 9.80. The molecule has 1 atom stereocenters. The monoisotopic (exact) mass is 274 g/mol. The number of nitrogens with two attached hydrogens (primary N) is 1. The highest BCUT2D eigenvalue weighted by atomic mass is 16.5. The molecule has 1 aromatic carbocycles. The molecule has 0 aliphatic rings. The molecule has 0 radical (unpaired) electrons. The van der Waals surface area contributed by atoms with Crippen molar-refractivity contribution in [1.82, 2.24) is 15.2 Å². The van der Waals surface area contributed by atoms with E-state index in [0.29, 0.717) is 0 Å². The fourth-order valence-electron chi connectivity index (χ4n) is 2.39. The Morgan fingerprint density at radius 2 is 2.10 bits per heavy atom. The highest BCUT2D eigenvalue weighted by Crippen LogP contribution is 2.27. The van der Waals surface area contributed by atoms with Gasteiger partial charge in [0.15, 0.2) is 5.75 Å². The maximum Gasteiger partial charge on any atom is 0.161 e. The van der Waals surface area contributed by atoms with Gasteiger partial charge in [-0.1, -0.05) is 30.3 Å². The average Bonchev–Trinajstić information content (AvgIpc) is 2.92. The summed E-state index contributed by atoms with van der Waals surface area (Å²) in [4.78, 5) is 0. The first-order valence-electron chi connectivity index (χ1n) is 6.89. The summed E-state index contributed by atoms with van der Waals surface area (Å²) in [6, 6.07) is 10.4. The summed E-state index contributed by atoms with van der Waals surface area (Å²) in [6.45, 7) is 2.85. The third kappa shape index (κ3) is 3.18. The molecule has 0 amide bonds. The molecule has 5 heteroatoms. The predicted molar refractivity (Wildman–Crippen MR) is 79.3 cm³/mol. The fourth-order valence-corrected chi connectivity index (χ4v) is 2.39. The van der Waals surface area contributed by atoms with Crippen LogP contribution in [0.3, 0.4) is 0 Å². The lowest BCUT2D eigenvalue weighted by Crippen LogP contribution is -2.30. The Labute approximate surface area is 119 Å². The molecule has 0 fully saturated rings. The van der Waals surface area contributed by atoms with Gasteiger partial charge in [0.25, 0.3) is 0 Å². The van der Waals surface area contributed by atoms with E-state index in [2.05, 4.69) is 41.7 Å². The molecule has 5 nitrogen and oxygen atoms in total. The molecule has 0 spiro atoms. The summed E-state index contributed by atoms with van der Waals surface area (Å²) in [5.41, 5.74) is 5.19. The van der Waals surface area contributed by atoms with Gasteiger partial charge in [0.05, 0.1) is 25.0 Å². The third-order valence-electron chi connectivity index (χ3n) is 3.46. The predicted octanol–water partition coefficient (Wildman–Crippen LogP) is 2.05. The van der Waals surface area contributed by atoms with E-state index in [1.807, 2.05) is 10.7 Å². The smallest absolute Gasteiger partial charge is 0.161 e. The lowest BCUT2D eigenvalue weighted by Gasteiger charge is -2.18. The van der Waals surface area contributed by atoms with Crippen LogP contribution in [0.1, 0.15) is 30.6 Å². The third-order valence-corrected chi connectivity index (χ3v) is 3.46. The molecule has 108 valence electrons. The second-order valence-corrected chi connectivity index (χ2v) is 4.66. The number of nitrogens with one attached hydrogen (secondary N) is 1.